The number of aromatic amines is 1. The van der Waals surface area contributed by atoms with E-state index in [2.05, 4.69) is 49.9 Å². The Kier molecular flexibility index (Phi) is 5.31. The van der Waals surface area contributed by atoms with Gasteiger partial charge in [0.2, 0.25) is 0 Å². The first-order chi connectivity index (χ1) is 14.2. The zero-order chi connectivity index (χ0) is 20.2. The molecule has 3 heterocycles. The molecule has 0 saturated heterocycles. The quantitative estimate of drug-likeness (QED) is 0.568. The zero-order valence-corrected chi connectivity index (χ0v) is 16.4. The van der Waals surface area contributed by atoms with Crippen LogP contribution >= 0.6 is 0 Å². The third-order valence-electron chi connectivity index (χ3n) is 4.82. The third kappa shape index (κ3) is 3.72. The molecule has 1 aliphatic heterocycles. The minimum Gasteiger partial charge on any atom is -0.358 e. The Bertz CT molecular complexity index is 1080. The highest BCUT2D eigenvalue weighted by Crippen LogP contribution is 2.32. The summed E-state index contributed by atoms with van der Waals surface area (Å²) in [4.78, 5) is 24.3. The average Bonchev–Trinajstić information content (AvgIpc) is 3.27. The van der Waals surface area contributed by atoms with E-state index in [1.165, 1.54) is 5.56 Å². The normalized spacial score (nSPS) is 14.9. The fourth-order valence-corrected chi connectivity index (χ4v) is 3.43. The van der Waals surface area contributed by atoms with Crippen molar-refractivity contribution in [2.24, 2.45) is 5.10 Å². The summed E-state index contributed by atoms with van der Waals surface area (Å²) in [6.45, 7) is 5.75. The van der Waals surface area contributed by atoms with Crippen molar-refractivity contribution < 1.29 is 4.79 Å². The maximum Gasteiger partial charge on any atom is 0.273 e. The van der Waals surface area contributed by atoms with E-state index in [0.29, 0.717) is 17.0 Å². The van der Waals surface area contributed by atoms with Gasteiger partial charge in [0.1, 0.15) is 11.4 Å². The highest BCUT2D eigenvalue weighted by atomic mass is 16.2. The number of H-pyrrole nitrogens is 1. The lowest BCUT2D eigenvalue weighted by atomic mass is 9.98. The van der Waals surface area contributed by atoms with Crippen LogP contribution in [-0.2, 0) is 11.3 Å². The molecule has 0 fully saturated rings. The fourth-order valence-electron chi connectivity index (χ4n) is 3.43. The van der Waals surface area contributed by atoms with Crippen LogP contribution in [-0.4, -0.2) is 33.1 Å². The molecular formula is C22H22N6O. The molecule has 4 rings (SSSR count). The van der Waals surface area contributed by atoms with Crippen LogP contribution in [0.25, 0.3) is 17.2 Å². The van der Waals surface area contributed by atoms with Gasteiger partial charge in [-0.2, -0.15) is 5.10 Å². The van der Waals surface area contributed by atoms with Crippen molar-refractivity contribution >= 4 is 17.7 Å². The predicted molar refractivity (Wildman–Crippen MR) is 113 cm³/mol. The third-order valence-corrected chi connectivity index (χ3v) is 4.82. The number of hydrazone groups is 1. The van der Waals surface area contributed by atoms with E-state index in [4.69, 9.17) is 0 Å². The number of hydrogen-bond acceptors (Lipinski definition) is 5. The lowest BCUT2D eigenvalue weighted by molar-refractivity contribution is -0.116. The van der Waals surface area contributed by atoms with Crippen molar-refractivity contribution in [3.05, 3.63) is 77.1 Å². The number of nitrogens with one attached hydrogen (secondary N) is 3. The first-order valence-corrected chi connectivity index (χ1v) is 9.53. The minimum absolute atomic E-state index is 0.259. The van der Waals surface area contributed by atoms with Crippen LogP contribution in [0.5, 0.6) is 0 Å². The standard InChI is InChI=1S/C22H22N6O/c1-3-23-12-17-14(2)26-18(20(17)15-7-5-4-6-8-15)11-16-21(27-28-22(16)29)19-13-24-9-10-25-19/h4-11,13,23,26H,3,12H2,1-2H3,(H,28,29). The summed E-state index contributed by atoms with van der Waals surface area (Å²) >= 11 is 0. The number of carbonyl (C=O) groups excluding carboxylic acids is 1. The van der Waals surface area contributed by atoms with Gasteiger partial charge in [-0.1, -0.05) is 37.3 Å². The highest BCUT2D eigenvalue weighted by Gasteiger charge is 2.26. The van der Waals surface area contributed by atoms with E-state index in [-0.39, 0.29) is 5.91 Å². The molecule has 2 aromatic heterocycles. The number of aryl methyl sites for hydroxylation is 1. The smallest absolute Gasteiger partial charge is 0.273 e. The van der Waals surface area contributed by atoms with Gasteiger partial charge in [0.25, 0.3) is 5.91 Å². The van der Waals surface area contributed by atoms with Crippen molar-refractivity contribution in [2.45, 2.75) is 20.4 Å². The molecule has 1 aromatic carbocycles. The second-order valence-electron chi connectivity index (χ2n) is 6.71. The summed E-state index contributed by atoms with van der Waals surface area (Å²) in [5.41, 5.74) is 9.32. The Morgan fingerprint density at radius 1 is 1.17 bits per heavy atom. The molecule has 146 valence electrons. The highest BCUT2D eigenvalue weighted by molar-refractivity contribution is 6.32. The van der Waals surface area contributed by atoms with Crippen molar-refractivity contribution in [3.8, 4) is 11.1 Å². The molecule has 3 N–H and O–H groups in total. The topological polar surface area (TPSA) is 95.1 Å². The van der Waals surface area contributed by atoms with Crippen LogP contribution in [0.4, 0.5) is 0 Å². The molecule has 0 bridgehead atoms. The molecule has 7 heteroatoms. The average molecular weight is 386 g/mol. The Morgan fingerprint density at radius 3 is 2.72 bits per heavy atom. The number of carbonyl (C=O) groups is 1. The van der Waals surface area contributed by atoms with Crippen LogP contribution < -0.4 is 10.7 Å². The van der Waals surface area contributed by atoms with E-state index in [1.54, 1.807) is 18.6 Å². The molecule has 0 unspecified atom stereocenters. The van der Waals surface area contributed by atoms with Gasteiger partial charge in [0.15, 0.2) is 0 Å². The van der Waals surface area contributed by atoms with E-state index in [0.717, 1.165) is 35.6 Å². The first kappa shape index (κ1) is 18.8. The van der Waals surface area contributed by atoms with Gasteiger partial charge in [-0.25, -0.2) is 5.43 Å². The minimum atomic E-state index is -0.259. The van der Waals surface area contributed by atoms with Crippen LogP contribution in [0, 0.1) is 6.92 Å². The van der Waals surface area contributed by atoms with Crippen LogP contribution in [0.15, 0.2) is 59.6 Å². The van der Waals surface area contributed by atoms with E-state index in [1.807, 2.05) is 31.2 Å². The summed E-state index contributed by atoms with van der Waals surface area (Å²) in [5, 5.41) is 7.57. The summed E-state index contributed by atoms with van der Waals surface area (Å²) in [6.07, 6.45) is 6.62. The molecule has 0 aliphatic carbocycles. The number of amides is 1. The molecule has 0 saturated carbocycles. The van der Waals surface area contributed by atoms with Crippen LogP contribution in [0.3, 0.4) is 0 Å². The van der Waals surface area contributed by atoms with Gasteiger partial charge < -0.3 is 10.3 Å². The Labute approximate surface area is 169 Å². The largest absolute Gasteiger partial charge is 0.358 e. The van der Waals surface area contributed by atoms with Crippen molar-refractivity contribution in [3.63, 3.8) is 0 Å². The molecule has 0 radical (unpaired) electrons. The number of benzene rings is 1. The summed E-state index contributed by atoms with van der Waals surface area (Å²) < 4.78 is 0. The maximum absolute atomic E-state index is 12.5. The maximum atomic E-state index is 12.5. The predicted octanol–water partition coefficient (Wildman–Crippen LogP) is 2.81. The zero-order valence-electron chi connectivity index (χ0n) is 16.4. The first-order valence-electron chi connectivity index (χ1n) is 9.53. The van der Waals surface area contributed by atoms with Gasteiger partial charge in [-0.15, -0.1) is 0 Å². The van der Waals surface area contributed by atoms with Crippen LogP contribution in [0.2, 0.25) is 0 Å². The molecule has 1 aliphatic rings. The van der Waals surface area contributed by atoms with Gasteiger partial charge >= 0.3 is 0 Å². The Morgan fingerprint density at radius 2 is 2.00 bits per heavy atom. The van der Waals surface area contributed by atoms with Crippen LogP contribution in [0.1, 0.15) is 29.6 Å². The lowest BCUT2D eigenvalue weighted by Gasteiger charge is -2.08. The number of rotatable bonds is 6. The SMILES string of the molecule is CCNCc1c(C)[nH]c(C=C2C(=O)NN=C2c2cnccn2)c1-c1ccccc1. The van der Waals surface area contributed by atoms with Gasteiger partial charge in [-0.3, -0.25) is 14.8 Å². The van der Waals surface area contributed by atoms with E-state index >= 15 is 0 Å². The summed E-state index contributed by atoms with van der Waals surface area (Å²) in [5.74, 6) is -0.259. The van der Waals surface area contributed by atoms with E-state index in [9.17, 15) is 4.79 Å². The molecule has 0 spiro atoms. The van der Waals surface area contributed by atoms with Crippen molar-refractivity contribution in [1.82, 2.24) is 25.7 Å². The molecular weight excluding hydrogens is 364 g/mol. The summed E-state index contributed by atoms with van der Waals surface area (Å²) in [6, 6.07) is 10.2. The number of hydrogen-bond donors (Lipinski definition) is 3. The van der Waals surface area contributed by atoms with Gasteiger partial charge in [0.05, 0.1) is 11.8 Å². The molecule has 3 aromatic rings. The Balaban J connectivity index is 1.84. The van der Waals surface area contributed by atoms with Gasteiger partial charge in [0, 0.05) is 35.9 Å². The van der Waals surface area contributed by atoms with Crippen molar-refractivity contribution in [2.75, 3.05) is 6.54 Å². The molecule has 0 atom stereocenters. The molecule has 1 amide bonds. The fraction of sp³-hybridized carbons (Fsp3) is 0.182. The lowest BCUT2D eigenvalue weighted by Crippen LogP contribution is -2.14. The van der Waals surface area contributed by atoms with Crippen molar-refractivity contribution in [1.29, 1.82) is 0 Å². The Hall–Kier alpha value is -3.58. The molecule has 29 heavy (non-hydrogen) atoms. The monoisotopic (exact) mass is 386 g/mol. The van der Waals surface area contributed by atoms with E-state index < -0.39 is 0 Å². The number of nitrogens with zero attached hydrogens (tertiary/aromatic N) is 3. The number of aromatic nitrogens is 3. The second-order valence-corrected chi connectivity index (χ2v) is 6.71. The molecule has 7 nitrogen and oxygen atoms in total. The van der Waals surface area contributed by atoms with Gasteiger partial charge in [-0.05, 0) is 30.7 Å². The summed E-state index contributed by atoms with van der Waals surface area (Å²) in [7, 11) is 0. The second kappa shape index (κ2) is 8.20.